The number of hydrogen-bond acceptors (Lipinski definition) is 3. The number of amides is 1. The highest BCUT2D eigenvalue weighted by Gasteiger charge is 2.18. The van der Waals surface area contributed by atoms with E-state index in [1.807, 2.05) is 20.8 Å². The maximum atomic E-state index is 11.8. The lowest BCUT2D eigenvalue weighted by Crippen LogP contribution is -2.47. The molecule has 2 N–H and O–H groups in total. The first-order chi connectivity index (χ1) is 7.78. The molecule has 0 aliphatic rings. The molecule has 1 heterocycles. The minimum absolute atomic E-state index is 0.0505. The zero-order valence-electron chi connectivity index (χ0n) is 10.5. The molecule has 0 saturated heterocycles. The molecule has 0 fully saturated rings. The van der Waals surface area contributed by atoms with E-state index < -0.39 is 0 Å². The van der Waals surface area contributed by atoms with Gasteiger partial charge < -0.3 is 10.6 Å². The number of rotatable bonds is 3. The highest BCUT2D eigenvalue weighted by Crippen LogP contribution is 2.13. The second kappa shape index (κ2) is 5.36. The van der Waals surface area contributed by atoms with Crippen LogP contribution in [0, 0.1) is 0 Å². The summed E-state index contributed by atoms with van der Waals surface area (Å²) in [5.74, 6) is -0.0505. The summed E-state index contributed by atoms with van der Waals surface area (Å²) >= 11 is 5.76. The van der Waals surface area contributed by atoms with Gasteiger partial charge in [-0.05, 0) is 39.8 Å². The Kier molecular flexibility index (Phi) is 4.34. The second-order valence-electron chi connectivity index (χ2n) is 4.97. The first kappa shape index (κ1) is 13.8. The Bertz CT molecular complexity index is 401. The maximum absolute atomic E-state index is 11.8. The van der Waals surface area contributed by atoms with Gasteiger partial charge in [-0.15, -0.1) is 0 Å². The summed E-state index contributed by atoms with van der Waals surface area (Å²) in [6.45, 7) is 7.64. The van der Waals surface area contributed by atoms with E-state index in [9.17, 15) is 4.79 Å². The quantitative estimate of drug-likeness (QED) is 0.816. The Hall–Kier alpha value is -1.29. The summed E-state index contributed by atoms with van der Waals surface area (Å²) < 4.78 is 0. The van der Waals surface area contributed by atoms with Gasteiger partial charge in [0.25, 0.3) is 0 Å². The first-order valence-electron chi connectivity index (χ1n) is 5.48. The second-order valence-corrected chi connectivity index (χ2v) is 5.36. The van der Waals surface area contributed by atoms with Crippen LogP contribution in [-0.2, 0) is 4.79 Å². The lowest BCUT2D eigenvalue weighted by atomic mass is 10.1. The van der Waals surface area contributed by atoms with Gasteiger partial charge in [-0.25, -0.2) is 4.98 Å². The van der Waals surface area contributed by atoms with Gasteiger partial charge >= 0.3 is 0 Å². The Morgan fingerprint density at radius 3 is 2.65 bits per heavy atom. The molecule has 17 heavy (non-hydrogen) atoms. The summed E-state index contributed by atoms with van der Waals surface area (Å²) in [6, 6.07) is 3.13. The third kappa shape index (κ3) is 5.04. The summed E-state index contributed by atoms with van der Waals surface area (Å²) in [5, 5.41) is 6.37. The van der Waals surface area contributed by atoms with Crippen molar-refractivity contribution in [2.45, 2.75) is 39.3 Å². The van der Waals surface area contributed by atoms with Gasteiger partial charge in [0.1, 0.15) is 11.2 Å². The number of halogens is 1. The average Bonchev–Trinajstić information content (AvgIpc) is 2.14. The zero-order valence-corrected chi connectivity index (χ0v) is 11.3. The molecule has 1 aromatic heterocycles. The van der Waals surface area contributed by atoms with Gasteiger partial charge in [0.2, 0.25) is 5.91 Å². The molecule has 5 heteroatoms. The van der Waals surface area contributed by atoms with Crippen LogP contribution in [0.15, 0.2) is 18.3 Å². The summed E-state index contributed by atoms with van der Waals surface area (Å²) in [7, 11) is 0. The Labute approximate surface area is 107 Å². The predicted molar refractivity (Wildman–Crippen MR) is 70.2 cm³/mol. The number of hydrogen-bond donors (Lipinski definition) is 2. The SMILES string of the molecule is CC(Nc1ccnc(Cl)c1)C(=O)NC(C)(C)C. The smallest absolute Gasteiger partial charge is 0.242 e. The summed E-state index contributed by atoms with van der Waals surface area (Å²) in [5.41, 5.74) is 0.546. The van der Waals surface area contributed by atoms with Crippen LogP contribution in [0.4, 0.5) is 5.69 Å². The number of carbonyl (C=O) groups is 1. The summed E-state index contributed by atoms with van der Waals surface area (Å²) in [4.78, 5) is 15.7. The largest absolute Gasteiger partial charge is 0.374 e. The van der Waals surface area contributed by atoms with Crippen LogP contribution in [-0.4, -0.2) is 22.5 Å². The van der Waals surface area contributed by atoms with E-state index in [4.69, 9.17) is 11.6 Å². The van der Waals surface area contributed by atoms with Crippen molar-refractivity contribution in [3.05, 3.63) is 23.5 Å². The fourth-order valence-corrected chi connectivity index (χ4v) is 1.46. The Morgan fingerprint density at radius 2 is 2.12 bits per heavy atom. The molecule has 1 atom stereocenters. The molecule has 1 unspecified atom stereocenters. The third-order valence-corrected chi connectivity index (χ3v) is 2.21. The number of nitrogens with one attached hydrogen (secondary N) is 2. The molecular weight excluding hydrogens is 238 g/mol. The topological polar surface area (TPSA) is 54.0 Å². The molecule has 0 spiro atoms. The normalized spacial score (nSPS) is 13.0. The van der Waals surface area contributed by atoms with E-state index in [0.717, 1.165) is 5.69 Å². The molecule has 4 nitrogen and oxygen atoms in total. The Balaban J connectivity index is 2.60. The van der Waals surface area contributed by atoms with Gasteiger partial charge in [-0.1, -0.05) is 11.6 Å². The average molecular weight is 256 g/mol. The number of pyridine rings is 1. The van der Waals surface area contributed by atoms with Crippen LogP contribution < -0.4 is 10.6 Å². The minimum atomic E-state index is -0.326. The van der Waals surface area contributed by atoms with E-state index in [0.29, 0.717) is 5.15 Å². The van der Waals surface area contributed by atoms with Crippen LogP contribution in [0.5, 0.6) is 0 Å². The molecule has 1 amide bonds. The van der Waals surface area contributed by atoms with Crippen molar-refractivity contribution in [3.63, 3.8) is 0 Å². The number of carbonyl (C=O) groups excluding carboxylic acids is 1. The molecule has 0 aliphatic heterocycles. The molecule has 94 valence electrons. The van der Waals surface area contributed by atoms with Crippen molar-refractivity contribution in [2.75, 3.05) is 5.32 Å². The molecule has 0 saturated carbocycles. The first-order valence-corrected chi connectivity index (χ1v) is 5.86. The molecule has 1 aromatic rings. The van der Waals surface area contributed by atoms with E-state index in [2.05, 4.69) is 15.6 Å². The van der Waals surface area contributed by atoms with Crippen molar-refractivity contribution < 1.29 is 4.79 Å². The highest BCUT2D eigenvalue weighted by molar-refractivity contribution is 6.29. The van der Waals surface area contributed by atoms with Gasteiger partial charge in [-0.2, -0.15) is 0 Å². The van der Waals surface area contributed by atoms with E-state index in [1.165, 1.54) is 0 Å². The van der Waals surface area contributed by atoms with E-state index in [1.54, 1.807) is 25.3 Å². The standard InChI is InChI=1S/C12H18ClN3O/c1-8(11(17)16-12(2,3)4)15-9-5-6-14-10(13)7-9/h5-8H,1-4H3,(H,14,15)(H,16,17). The number of aromatic nitrogens is 1. The van der Waals surface area contributed by atoms with Crippen molar-refractivity contribution >= 4 is 23.2 Å². The zero-order chi connectivity index (χ0) is 13.1. The fourth-order valence-electron chi connectivity index (χ4n) is 1.29. The molecule has 0 radical (unpaired) electrons. The van der Waals surface area contributed by atoms with Crippen molar-refractivity contribution in [3.8, 4) is 0 Å². The van der Waals surface area contributed by atoms with E-state index in [-0.39, 0.29) is 17.5 Å². The Morgan fingerprint density at radius 1 is 1.47 bits per heavy atom. The minimum Gasteiger partial charge on any atom is -0.374 e. The van der Waals surface area contributed by atoms with Crippen molar-refractivity contribution in [1.82, 2.24) is 10.3 Å². The third-order valence-electron chi connectivity index (χ3n) is 2.00. The molecule has 0 aromatic carbocycles. The lowest BCUT2D eigenvalue weighted by Gasteiger charge is -2.24. The number of nitrogens with zero attached hydrogens (tertiary/aromatic N) is 1. The molecule has 0 bridgehead atoms. The number of anilines is 1. The molecule has 0 aliphatic carbocycles. The van der Waals surface area contributed by atoms with Gasteiger partial charge in [0.05, 0.1) is 0 Å². The predicted octanol–water partition coefficient (Wildman–Crippen LogP) is 2.45. The molecule has 1 rings (SSSR count). The van der Waals surface area contributed by atoms with Crippen LogP contribution in [0.3, 0.4) is 0 Å². The van der Waals surface area contributed by atoms with Crippen LogP contribution in [0.1, 0.15) is 27.7 Å². The van der Waals surface area contributed by atoms with Gasteiger partial charge in [-0.3, -0.25) is 4.79 Å². The van der Waals surface area contributed by atoms with Gasteiger partial charge in [0, 0.05) is 17.4 Å². The van der Waals surface area contributed by atoms with E-state index >= 15 is 0 Å². The monoisotopic (exact) mass is 255 g/mol. The van der Waals surface area contributed by atoms with Gasteiger partial charge in [0.15, 0.2) is 0 Å². The lowest BCUT2D eigenvalue weighted by molar-refractivity contribution is -0.122. The van der Waals surface area contributed by atoms with Crippen molar-refractivity contribution in [1.29, 1.82) is 0 Å². The molecular formula is C12H18ClN3O. The van der Waals surface area contributed by atoms with Crippen molar-refractivity contribution in [2.24, 2.45) is 0 Å². The fraction of sp³-hybridized carbons (Fsp3) is 0.500. The van der Waals surface area contributed by atoms with Crippen LogP contribution in [0.25, 0.3) is 0 Å². The summed E-state index contributed by atoms with van der Waals surface area (Å²) in [6.07, 6.45) is 1.60. The van der Waals surface area contributed by atoms with Crippen LogP contribution in [0.2, 0.25) is 5.15 Å². The highest BCUT2D eigenvalue weighted by atomic mass is 35.5. The maximum Gasteiger partial charge on any atom is 0.242 e. The van der Waals surface area contributed by atoms with Crippen LogP contribution >= 0.6 is 11.6 Å².